The molecule has 0 aromatic heterocycles. The highest BCUT2D eigenvalue weighted by Crippen LogP contribution is 2.42. The molecule has 0 spiro atoms. The average Bonchev–Trinajstić information content (AvgIpc) is 2.50. The second-order valence-electron chi connectivity index (χ2n) is 6.03. The Kier molecular flexibility index (Phi) is 4.82. The summed E-state index contributed by atoms with van der Waals surface area (Å²) in [6.45, 7) is 5.50. The quantitative estimate of drug-likeness (QED) is 0.798. The smallest absolute Gasteiger partial charge is 0.410 e. The third-order valence-corrected chi connectivity index (χ3v) is 4.12. The summed E-state index contributed by atoms with van der Waals surface area (Å²) in [5.74, 6) is -0.294. The normalized spacial score (nSPS) is 23.2. The van der Waals surface area contributed by atoms with Gasteiger partial charge in [-0.25, -0.2) is 4.79 Å². The van der Waals surface area contributed by atoms with Gasteiger partial charge in [0.25, 0.3) is 0 Å². The van der Waals surface area contributed by atoms with Crippen LogP contribution in [0.15, 0.2) is 24.3 Å². The number of amides is 1. The molecule has 0 radical (unpaired) electrons. The van der Waals surface area contributed by atoms with E-state index in [0.717, 1.165) is 5.56 Å². The van der Waals surface area contributed by atoms with E-state index in [0.29, 0.717) is 5.75 Å². The van der Waals surface area contributed by atoms with Crippen LogP contribution in [0, 0.1) is 5.92 Å². The van der Waals surface area contributed by atoms with E-state index >= 15 is 0 Å². The number of hydrogen-bond donors (Lipinski definition) is 0. The lowest BCUT2D eigenvalue weighted by molar-refractivity contribution is -0.168. The fourth-order valence-electron chi connectivity index (χ4n) is 2.94. The number of benzene rings is 1. The van der Waals surface area contributed by atoms with Crippen molar-refractivity contribution in [2.24, 2.45) is 5.92 Å². The Hall–Kier alpha value is -2.24. The third-order valence-electron chi connectivity index (χ3n) is 4.12. The zero-order valence-electron chi connectivity index (χ0n) is 14.2. The third kappa shape index (κ3) is 3.25. The molecular formula is C17H23NO5. The van der Waals surface area contributed by atoms with Crippen molar-refractivity contribution in [3.05, 3.63) is 29.8 Å². The van der Waals surface area contributed by atoms with Crippen molar-refractivity contribution in [2.75, 3.05) is 20.8 Å². The monoisotopic (exact) mass is 321 g/mol. The van der Waals surface area contributed by atoms with Gasteiger partial charge in [-0.2, -0.15) is 0 Å². The Labute approximate surface area is 136 Å². The summed E-state index contributed by atoms with van der Waals surface area (Å²) in [6, 6.07) is 6.84. The number of hydrogen-bond acceptors (Lipinski definition) is 5. The summed E-state index contributed by atoms with van der Waals surface area (Å²) in [5, 5.41) is 0. The lowest BCUT2D eigenvalue weighted by Crippen LogP contribution is -2.56. The highest BCUT2D eigenvalue weighted by atomic mass is 16.6. The van der Waals surface area contributed by atoms with Gasteiger partial charge in [0, 0.05) is 7.05 Å². The molecule has 1 aromatic carbocycles. The lowest BCUT2D eigenvalue weighted by atomic mass is 9.79. The second-order valence-corrected chi connectivity index (χ2v) is 6.03. The first-order valence-corrected chi connectivity index (χ1v) is 7.58. The molecule has 1 saturated heterocycles. The van der Waals surface area contributed by atoms with E-state index in [1.165, 1.54) is 4.90 Å². The van der Waals surface area contributed by atoms with Crippen LogP contribution in [0.3, 0.4) is 0 Å². The number of ether oxygens (including phenoxy) is 3. The Morgan fingerprint density at radius 3 is 2.43 bits per heavy atom. The van der Waals surface area contributed by atoms with Crippen LogP contribution in [0.4, 0.5) is 4.79 Å². The van der Waals surface area contributed by atoms with Crippen molar-refractivity contribution >= 4 is 12.1 Å². The van der Waals surface area contributed by atoms with Crippen molar-refractivity contribution in [3.63, 3.8) is 0 Å². The van der Waals surface area contributed by atoms with Crippen molar-refractivity contribution in [1.29, 1.82) is 0 Å². The Balaban J connectivity index is 2.46. The number of carbonyl (C=O) groups is 2. The molecule has 0 N–H and O–H groups in total. The molecule has 2 rings (SSSR count). The zero-order chi connectivity index (χ0) is 17.2. The molecule has 0 bridgehead atoms. The molecule has 6 nitrogen and oxygen atoms in total. The molecule has 23 heavy (non-hydrogen) atoms. The molecule has 1 aromatic rings. The molecule has 126 valence electrons. The number of cyclic esters (lactones) is 1. The van der Waals surface area contributed by atoms with Crippen LogP contribution in [0.5, 0.6) is 5.75 Å². The molecule has 1 aliphatic heterocycles. The van der Waals surface area contributed by atoms with E-state index in [1.807, 2.05) is 12.1 Å². The largest absolute Gasteiger partial charge is 0.497 e. The van der Waals surface area contributed by atoms with E-state index < -0.39 is 23.7 Å². The van der Waals surface area contributed by atoms with Gasteiger partial charge < -0.3 is 19.1 Å². The SMILES string of the molecule is CCOC(=O)C1C(c2ccc(OC)cc2)N(C)C(=O)OC1(C)C. The molecule has 1 fully saturated rings. The molecule has 0 saturated carbocycles. The van der Waals surface area contributed by atoms with Gasteiger partial charge in [0.15, 0.2) is 0 Å². The predicted molar refractivity (Wildman–Crippen MR) is 84.2 cm³/mol. The Bertz CT molecular complexity index is 581. The van der Waals surface area contributed by atoms with Crippen LogP contribution in [0.2, 0.25) is 0 Å². The molecular weight excluding hydrogens is 298 g/mol. The fraction of sp³-hybridized carbons (Fsp3) is 0.529. The van der Waals surface area contributed by atoms with Crippen molar-refractivity contribution in [1.82, 2.24) is 4.90 Å². The molecule has 1 amide bonds. The van der Waals surface area contributed by atoms with E-state index in [2.05, 4.69) is 0 Å². The van der Waals surface area contributed by atoms with Crippen LogP contribution in [-0.2, 0) is 14.3 Å². The number of methoxy groups -OCH3 is 1. The van der Waals surface area contributed by atoms with Gasteiger partial charge in [-0.05, 0) is 38.5 Å². The summed E-state index contributed by atoms with van der Waals surface area (Å²) in [6.07, 6.45) is -0.462. The van der Waals surface area contributed by atoms with E-state index in [-0.39, 0.29) is 12.6 Å². The zero-order valence-corrected chi connectivity index (χ0v) is 14.2. The van der Waals surface area contributed by atoms with Crippen molar-refractivity contribution < 1.29 is 23.8 Å². The van der Waals surface area contributed by atoms with Crippen LogP contribution in [0.1, 0.15) is 32.4 Å². The molecule has 1 aliphatic rings. The van der Waals surface area contributed by atoms with E-state index in [9.17, 15) is 9.59 Å². The van der Waals surface area contributed by atoms with E-state index in [4.69, 9.17) is 14.2 Å². The Morgan fingerprint density at radius 1 is 1.30 bits per heavy atom. The molecule has 0 aliphatic carbocycles. The highest BCUT2D eigenvalue weighted by Gasteiger charge is 2.52. The lowest BCUT2D eigenvalue weighted by Gasteiger charge is -2.46. The van der Waals surface area contributed by atoms with Gasteiger partial charge in [0.2, 0.25) is 0 Å². The average molecular weight is 321 g/mol. The van der Waals surface area contributed by atoms with Gasteiger partial charge in [0.1, 0.15) is 17.3 Å². The summed E-state index contributed by atoms with van der Waals surface area (Å²) >= 11 is 0. The maximum absolute atomic E-state index is 12.5. The minimum absolute atomic E-state index is 0.276. The summed E-state index contributed by atoms with van der Waals surface area (Å²) in [5.41, 5.74) is -0.128. The Morgan fingerprint density at radius 2 is 1.91 bits per heavy atom. The summed E-state index contributed by atoms with van der Waals surface area (Å²) < 4.78 is 15.8. The maximum Gasteiger partial charge on any atom is 0.410 e. The summed E-state index contributed by atoms with van der Waals surface area (Å²) in [4.78, 5) is 26.1. The van der Waals surface area contributed by atoms with Gasteiger partial charge in [-0.15, -0.1) is 0 Å². The van der Waals surface area contributed by atoms with Gasteiger partial charge in [0.05, 0.1) is 19.8 Å². The first-order chi connectivity index (χ1) is 10.8. The number of nitrogens with zero attached hydrogens (tertiary/aromatic N) is 1. The minimum Gasteiger partial charge on any atom is -0.497 e. The molecule has 2 unspecified atom stereocenters. The summed E-state index contributed by atoms with van der Waals surface area (Å²) in [7, 11) is 3.21. The van der Waals surface area contributed by atoms with Crippen molar-refractivity contribution in [2.45, 2.75) is 32.4 Å². The van der Waals surface area contributed by atoms with Gasteiger partial charge >= 0.3 is 12.1 Å². The molecule has 1 heterocycles. The first-order valence-electron chi connectivity index (χ1n) is 7.58. The van der Waals surface area contributed by atoms with Crippen LogP contribution in [-0.4, -0.2) is 43.3 Å². The van der Waals surface area contributed by atoms with Crippen molar-refractivity contribution in [3.8, 4) is 5.75 Å². The maximum atomic E-state index is 12.5. The number of rotatable bonds is 4. The first kappa shape index (κ1) is 17.1. The van der Waals surface area contributed by atoms with Crippen LogP contribution < -0.4 is 4.74 Å². The van der Waals surface area contributed by atoms with E-state index in [1.54, 1.807) is 47.1 Å². The van der Waals surface area contributed by atoms with Gasteiger partial charge in [-0.3, -0.25) is 4.79 Å². The molecule has 6 heteroatoms. The fourth-order valence-corrected chi connectivity index (χ4v) is 2.94. The topological polar surface area (TPSA) is 65.1 Å². The van der Waals surface area contributed by atoms with Gasteiger partial charge in [-0.1, -0.05) is 12.1 Å². The van der Waals surface area contributed by atoms with Crippen LogP contribution >= 0.6 is 0 Å². The highest BCUT2D eigenvalue weighted by molar-refractivity contribution is 5.79. The predicted octanol–water partition coefficient (Wildman–Crippen LogP) is 2.78. The second kappa shape index (κ2) is 6.48. The molecule has 2 atom stereocenters. The number of esters is 1. The minimum atomic E-state index is -0.958. The number of carbonyl (C=O) groups excluding carboxylic acids is 2. The standard InChI is InChI=1S/C17H23NO5/c1-6-22-15(19)13-14(11-7-9-12(21-5)10-8-11)18(4)16(20)23-17(13,2)3/h7-10,13-14H,6H2,1-5H3. The van der Waals surface area contributed by atoms with Crippen LogP contribution in [0.25, 0.3) is 0 Å².